The number of pyridine rings is 1. The molecule has 5 heteroatoms. The predicted molar refractivity (Wildman–Crippen MR) is 78.0 cm³/mol. The number of aromatic nitrogens is 1. The maximum atomic E-state index is 6.05. The van der Waals surface area contributed by atoms with Gasteiger partial charge in [0.1, 0.15) is 16.4 Å². The van der Waals surface area contributed by atoms with Crippen LogP contribution >= 0.6 is 24.0 Å². The second-order valence-electron chi connectivity index (χ2n) is 5.35. The van der Waals surface area contributed by atoms with Crippen molar-refractivity contribution >= 4 is 35.1 Å². The maximum Gasteiger partial charge on any atom is 0.152 e. The molecule has 0 spiro atoms. The first-order chi connectivity index (χ1) is 8.78. The van der Waals surface area contributed by atoms with Crippen LogP contribution in [0, 0.1) is 0 Å². The Hall–Kier alpha value is -0.770. The third kappa shape index (κ3) is 1.87. The molecule has 2 fully saturated rings. The molecule has 0 amide bonds. The highest BCUT2D eigenvalue weighted by atomic mass is 35.5. The highest BCUT2D eigenvalue weighted by Crippen LogP contribution is 2.47. The van der Waals surface area contributed by atoms with Gasteiger partial charge in [0.15, 0.2) is 5.58 Å². The zero-order valence-corrected chi connectivity index (χ0v) is 12.1. The van der Waals surface area contributed by atoms with E-state index in [4.69, 9.17) is 16.0 Å². The topological polar surface area (TPSA) is 29.3 Å². The van der Waals surface area contributed by atoms with Crippen molar-refractivity contribution in [2.24, 2.45) is 0 Å². The predicted octanol–water partition coefficient (Wildman–Crippen LogP) is 3.99. The van der Waals surface area contributed by atoms with E-state index in [-0.39, 0.29) is 17.9 Å². The molecular weight excluding hydrogens is 283 g/mol. The fourth-order valence-corrected chi connectivity index (χ4v) is 3.79. The molecule has 2 aromatic heterocycles. The summed E-state index contributed by atoms with van der Waals surface area (Å²) in [5.41, 5.74) is 1.88. The minimum absolute atomic E-state index is 0. The summed E-state index contributed by atoms with van der Waals surface area (Å²) in [6.45, 7) is 2.40. The first-order valence-corrected chi connectivity index (χ1v) is 6.97. The molecule has 0 aliphatic carbocycles. The minimum atomic E-state index is 0. The summed E-state index contributed by atoms with van der Waals surface area (Å²) in [4.78, 5) is 6.91. The Morgan fingerprint density at radius 2 is 1.95 bits per heavy atom. The molecule has 3 nitrogen and oxygen atoms in total. The Morgan fingerprint density at radius 1 is 1.21 bits per heavy atom. The van der Waals surface area contributed by atoms with Gasteiger partial charge in [0.25, 0.3) is 0 Å². The summed E-state index contributed by atoms with van der Waals surface area (Å²) in [7, 11) is 0. The van der Waals surface area contributed by atoms with Gasteiger partial charge in [-0.05, 0) is 50.9 Å². The van der Waals surface area contributed by atoms with Crippen LogP contribution in [0.15, 0.2) is 22.6 Å². The van der Waals surface area contributed by atoms with Crippen LogP contribution in [0.1, 0.15) is 31.4 Å². The smallest absolute Gasteiger partial charge is 0.152 e. The van der Waals surface area contributed by atoms with Crippen molar-refractivity contribution < 1.29 is 4.42 Å². The van der Waals surface area contributed by atoms with E-state index in [0.29, 0.717) is 5.15 Å². The summed E-state index contributed by atoms with van der Waals surface area (Å²) in [5, 5.41) is 0.530. The van der Waals surface area contributed by atoms with E-state index in [9.17, 15) is 0 Å². The van der Waals surface area contributed by atoms with Crippen molar-refractivity contribution in [3.63, 3.8) is 0 Å². The fourth-order valence-electron chi connectivity index (χ4n) is 3.64. The van der Waals surface area contributed by atoms with Gasteiger partial charge in [-0.2, -0.15) is 0 Å². The Balaban J connectivity index is 0.00000110. The van der Waals surface area contributed by atoms with E-state index in [2.05, 4.69) is 16.0 Å². The van der Waals surface area contributed by atoms with Crippen LogP contribution in [0.4, 0.5) is 0 Å². The Morgan fingerprint density at radius 3 is 2.68 bits per heavy atom. The molecule has 0 unspecified atom stereocenters. The second kappa shape index (κ2) is 4.65. The normalized spacial score (nSPS) is 21.5. The highest BCUT2D eigenvalue weighted by Gasteiger charge is 2.47. The molecule has 2 aliphatic rings. The van der Waals surface area contributed by atoms with Gasteiger partial charge in [0.2, 0.25) is 0 Å². The van der Waals surface area contributed by atoms with E-state index < -0.39 is 0 Å². The number of hydrogen-bond acceptors (Lipinski definition) is 3. The molecule has 0 atom stereocenters. The Labute approximate surface area is 123 Å². The lowest BCUT2D eigenvalue weighted by atomic mass is 9.91. The molecule has 4 heterocycles. The monoisotopic (exact) mass is 298 g/mol. The summed E-state index contributed by atoms with van der Waals surface area (Å²) >= 11 is 5.93. The van der Waals surface area contributed by atoms with E-state index in [1.807, 2.05) is 6.07 Å². The Kier molecular flexibility index (Phi) is 3.24. The van der Waals surface area contributed by atoms with Crippen molar-refractivity contribution in [2.45, 2.75) is 31.2 Å². The zero-order chi connectivity index (χ0) is 12.2. The number of fused-ring (bicyclic) bond motifs is 2. The molecule has 0 bridgehead atoms. The van der Waals surface area contributed by atoms with Crippen LogP contribution < -0.4 is 0 Å². The largest absolute Gasteiger partial charge is 0.457 e. The molecular formula is C14H16Cl2N2O. The lowest BCUT2D eigenvalue weighted by Crippen LogP contribution is -2.34. The van der Waals surface area contributed by atoms with Crippen LogP contribution in [-0.2, 0) is 5.54 Å². The van der Waals surface area contributed by atoms with Crippen LogP contribution in [0.3, 0.4) is 0 Å². The van der Waals surface area contributed by atoms with Gasteiger partial charge in [0.05, 0.1) is 5.54 Å². The summed E-state index contributed by atoms with van der Waals surface area (Å²) in [6.07, 6.45) is 4.96. The lowest BCUT2D eigenvalue weighted by molar-refractivity contribution is 0.166. The molecule has 0 aromatic carbocycles. The molecule has 2 aliphatic heterocycles. The SMILES string of the molecule is Cl.Clc1ccc2oc(C34CCCN3CCC4)cc2n1. The average Bonchev–Trinajstić information content (AvgIpc) is 2.99. The standard InChI is InChI=1S/C14H15ClN2O.ClH/c15-13-4-3-11-10(16-13)9-12(18-11)14-5-1-7-17(14)8-2-6-14;/h3-4,9H,1-2,5-8H2;1H. The number of halogens is 2. The molecule has 102 valence electrons. The number of furan rings is 1. The first-order valence-electron chi connectivity index (χ1n) is 6.60. The van der Waals surface area contributed by atoms with Gasteiger partial charge in [-0.25, -0.2) is 4.98 Å². The van der Waals surface area contributed by atoms with Gasteiger partial charge in [0, 0.05) is 6.07 Å². The zero-order valence-electron chi connectivity index (χ0n) is 10.6. The van der Waals surface area contributed by atoms with E-state index >= 15 is 0 Å². The van der Waals surface area contributed by atoms with Crippen molar-refractivity contribution in [3.8, 4) is 0 Å². The number of rotatable bonds is 1. The van der Waals surface area contributed by atoms with Crippen LogP contribution in [0.5, 0.6) is 0 Å². The van der Waals surface area contributed by atoms with Gasteiger partial charge in [-0.1, -0.05) is 11.6 Å². The minimum Gasteiger partial charge on any atom is -0.457 e. The van der Waals surface area contributed by atoms with Crippen molar-refractivity contribution in [1.29, 1.82) is 0 Å². The molecule has 4 rings (SSSR count). The summed E-state index contributed by atoms with van der Waals surface area (Å²) in [5.74, 6) is 1.09. The third-order valence-corrected chi connectivity index (χ3v) is 4.65. The summed E-state index contributed by atoms with van der Waals surface area (Å²) in [6, 6.07) is 5.79. The van der Waals surface area contributed by atoms with Crippen molar-refractivity contribution in [1.82, 2.24) is 9.88 Å². The molecule has 0 N–H and O–H groups in total. The maximum absolute atomic E-state index is 6.05. The van der Waals surface area contributed by atoms with Gasteiger partial charge in [-0.15, -0.1) is 12.4 Å². The van der Waals surface area contributed by atoms with Crippen molar-refractivity contribution in [3.05, 3.63) is 29.1 Å². The van der Waals surface area contributed by atoms with Crippen LogP contribution in [0.2, 0.25) is 5.15 Å². The molecule has 2 aromatic rings. The molecule has 0 saturated carbocycles. The number of hydrogen-bond donors (Lipinski definition) is 0. The van der Waals surface area contributed by atoms with E-state index in [1.54, 1.807) is 6.07 Å². The van der Waals surface area contributed by atoms with E-state index in [0.717, 1.165) is 16.9 Å². The van der Waals surface area contributed by atoms with Crippen LogP contribution in [-0.4, -0.2) is 23.0 Å². The third-order valence-electron chi connectivity index (χ3n) is 4.44. The molecule has 2 saturated heterocycles. The number of nitrogens with zero attached hydrogens (tertiary/aromatic N) is 2. The molecule has 0 radical (unpaired) electrons. The van der Waals surface area contributed by atoms with Crippen molar-refractivity contribution in [2.75, 3.05) is 13.1 Å². The van der Waals surface area contributed by atoms with Crippen LogP contribution in [0.25, 0.3) is 11.1 Å². The van der Waals surface area contributed by atoms with Gasteiger partial charge in [-0.3, -0.25) is 4.90 Å². The second-order valence-corrected chi connectivity index (χ2v) is 5.74. The quantitative estimate of drug-likeness (QED) is 0.746. The highest BCUT2D eigenvalue weighted by molar-refractivity contribution is 6.29. The van der Waals surface area contributed by atoms with Gasteiger partial charge < -0.3 is 4.42 Å². The average molecular weight is 299 g/mol. The van der Waals surface area contributed by atoms with E-state index in [1.165, 1.54) is 38.8 Å². The molecule has 19 heavy (non-hydrogen) atoms. The summed E-state index contributed by atoms with van der Waals surface area (Å²) < 4.78 is 6.05. The fraction of sp³-hybridized carbons (Fsp3) is 0.500. The first kappa shape index (κ1) is 13.2. The lowest BCUT2D eigenvalue weighted by Gasteiger charge is -2.29. The Bertz CT molecular complexity index is 601. The van der Waals surface area contributed by atoms with Gasteiger partial charge >= 0.3 is 0 Å².